The molecule has 0 spiro atoms. The first-order valence-electron chi connectivity index (χ1n) is 6.98. The Bertz CT molecular complexity index is 709. The van der Waals surface area contributed by atoms with Gasteiger partial charge < -0.3 is 10.4 Å². The minimum Gasteiger partial charge on any atom is -0.476 e. The zero-order chi connectivity index (χ0) is 16.3. The van der Waals surface area contributed by atoms with E-state index in [0.717, 1.165) is 23.2 Å². The third kappa shape index (κ3) is 3.13. The summed E-state index contributed by atoms with van der Waals surface area (Å²) in [6.07, 6.45) is 2.04. The van der Waals surface area contributed by atoms with Crippen molar-refractivity contribution in [1.29, 1.82) is 0 Å². The second kappa shape index (κ2) is 6.38. The molecule has 1 amide bonds. The molecule has 0 radical (unpaired) electrons. The van der Waals surface area contributed by atoms with Crippen LogP contribution in [0.5, 0.6) is 0 Å². The summed E-state index contributed by atoms with van der Waals surface area (Å²) in [6.45, 7) is 5.58. The Morgan fingerprint density at radius 2 is 2.14 bits per heavy atom. The van der Waals surface area contributed by atoms with Gasteiger partial charge in [-0.1, -0.05) is 30.3 Å². The van der Waals surface area contributed by atoms with Crippen LogP contribution in [0.15, 0.2) is 24.4 Å². The Kier molecular flexibility index (Phi) is 4.55. The molecule has 1 aromatic carbocycles. The molecule has 1 aromatic heterocycles. The number of benzene rings is 1. The molecule has 2 aromatic rings. The molecule has 0 saturated heterocycles. The summed E-state index contributed by atoms with van der Waals surface area (Å²) in [5.41, 5.74) is 2.63. The summed E-state index contributed by atoms with van der Waals surface area (Å²) < 4.78 is 1.24. The fourth-order valence-corrected chi connectivity index (χ4v) is 2.11. The monoisotopic (exact) mass is 302 g/mol. The first-order valence-corrected chi connectivity index (χ1v) is 6.98. The summed E-state index contributed by atoms with van der Waals surface area (Å²) in [7, 11) is 0. The van der Waals surface area contributed by atoms with Crippen molar-refractivity contribution in [1.82, 2.24) is 15.0 Å². The van der Waals surface area contributed by atoms with Crippen LogP contribution in [0, 0.1) is 6.92 Å². The van der Waals surface area contributed by atoms with Crippen molar-refractivity contribution in [2.24, 2.45) is 0 Å². The average Bonchev–Trinajstić information content (AvgIpc) is 2.98. The zero-order valence-electron chi connectivity index (χ0n) is 12.7. The van der Waals surface area contributed by atoms with E-state index in [9.17, 15) is 9.59 Å². The highest BCUT2D eigenvalue weighted by Crippen LogP contribution is 2.22. The van der Waals surface area contributed by atoms with Gasteiger partial charge >= 0.3 is 5.97 Å². The number of aromatic nitrogens is 3. The number of aryl methyl sites for hydroxylation is 2. The lowest BCUT2D eigenvalue weighted by atomic mass is 10.1. The van der Waals surface area contributed by atoms with Crippen LogP contribution in [0.4, 0.5) is 5.69 Å². The molecule has 1 heterocycles. The van der Waals surface area contributed by atoms with Crippen molar-refractivity contribution in [2.75, 3.05) is 5.32 Å². The number of nitrogens with one attached hydrogen (secondary N) is 1. The van der Waals surface area contributed by atoms with Gasteiger partial charge in [-0.15, -0.1) is 5.10 Å². The largest absolute Gasteiger partial charge is 0.476 e. The van der Waals surface area contributed by atoms with E-state index < -0.39 is 12.0 Å². The van der Waals surface area contributed by atoms with Gasteiger partial charge in [0.1, 0.15) is 6.04 Å². The van der Waals surface area contributed by atoms with E-state index in [2.05, 4.69) is 15.6 Å². The van der Waals surface area contributed by atoms with Crippen LogP contribution < -0.4 is 5.32 Å². The Balaban J connectivity index is 2.19. The number of carboxylic acids is 1. The van der Waals surface area contributed by atoms with Gasteiger partial charge in [-0.2, -0.15) is 0 Å². The number of carboxylic acid groups (broad SMARTS) is 1. The summed E-state index contributed by atoms with van der Waals surface area (Å²) in [5.74, 6) is -1.45. The molecule has 0 aliphatic rings. The number of carbonyl (C=O) groups excluding carboxylic acids is 1. The van der Waals surface area contributed by atoms with E-state index in [4.69, 9.17) is 5.11 Å². The van der Waals surface area contributed by atoms with Crippen LogP contribution in [0.25, 0.3) is 0 Å². The lowest BCUT2D eigenvalue weighted by Gasteiger charge is -2.16. The molecule has 2 rings (SSSR count). The summed E-state index contributed by atoms with van der Waals surface area (Å²) >= 11 is 0. The maximum absolute atomic E-state index is 12.4. The van der Waals surface area contributed by atoms with Crippen molar-refractivity contribution >= 4 is 17.6 Å². The number of rotatable bonds is 5. The number of hydrogen-bond donors (Lipinski definition) is 2. The summed E-state index contributed by atoms with van der Waals surface area (Å²) in [6, 6.07) is 5.18. The molecule has 7 heteroatoms. The maximum Gasteiger partial charge on any atom is 0.358 e. The van der Waals surface area contributed by atoms with Crippen molar-refractivity contribution in [3.63, 3.8) is 0 Å². The van der Waals surface area contributed by atoms with Crippen LogP contribution in [0.1, 0.15) is 41.5 Å². The van der Waals surface area contributed by atoms with Crippen molar-refractivity contribution in [3.8, 4) is 0 Å². The number of nitrogens with zero attached hydrogens (tertiary/aromatic N) is 3. The third-order valence-corrected chi connectivity index (χ3v) is 3.49. The highest BCUT2D eigenvalue weighted by molar-refractivity contribution is 5.95. The number of aromatic carboxylic acids is 1. The Labute approximate surface area is 128 Å². The predicted molar refractivity (Wildman–Crippen MR) is 80.9 cm³/mol. The van der Waals surface area contributed by atoms with Gasteiger partial charge in [0.15, 0.2) is 5.69 Å². The highest BCUT2D eigenvalue weighted by atomic mass is 16.4. The van der Waals surface area contributed by atoms with Crippen LogP contribution in [-0.4, -0.2) is 32.0 Å². The van der Waals surface area contributed by atoms with Gasteiger partial charge in [-0.05, 0) is 31.4 Å². The van der Waals surface area contributed by atoms with E-state index in [1.165, 1.54) is 10.9 Å². The number of amides is 1. The number of para-hydroxylation sites is 1. The molecule has 116 valence electrons. The molecule has 1 atom stereocenters. The van der Waals surface area contributed by atoms with Crippen LogP contribution >= 0.6 is 0 Å². The lowest BCUT2D eigenvalue weighted by molar-refractivity contribution is -0.119. The molecule has 0 saturated carbocycles. The first-order chi connectivity index (χ1) is 10.4. The molecular weight excluding hydrogens is 284 g/mol. The van der Waals surface area contributed by atoms with Gasteiger partial charge in [-0.3, -0.25) is 4.79 Å². The maximum atomic E-state index is 12.4. The number of anilines is 1. The molecule has 0 aliphatic heterocycles. The second-order valence-electron chi connectivity index (χ2n) is 5.02. The molecule has 1 unspecified atom stereocenters. The molecule has 2 N–H and O–H groups in total. The summed E-state index contributed by atoms with van der Waals surface area (Å²) in [4.78, 5) is 23.2. The van der Waals surface area contributed by atoms with Crippen LogP contribution in [-0.2, 0) is 11.2 Å². The van der Waals surface area contributed by atoms with Gasteiger partial charge in [0, 0.05) is 5.69 Å². The van der Waals surface area contributed by atoms with Crippen LogP contribution in [0.2, 0.25) is 0 Å². The fourth-order valence-electron chi connectivity index (χ4n) is 2.11. The van der Waals surface area contributed by atoms with E-state index in [0.29, 0.717) is 0 Å². The topological polar surface area (TPSA) is 97.1 Å². The van der Waals surface area contributed by atoms with E-state index in [1.54, 1.807) is 6.92 Å². The average molecular weight is 302 g/mol. The van der Waals surface area contributed by atoms with Gasteiger partial charge in [0.05, 0.1) is 6.20 Å². The lowest BCUT2D eigenvalue weighted by Crippen LogP contribution is -2.25. The molecular formula is C15H18N4O3. The number of hydrogen-bond acceptors (Lipinski definition) is 4. The quantitative estimate of drug-likeness (QED) is 0.881. The molecule has 7 nitrogen and oxygen atoms in total. The van der Waals surface area contributed by atoms with Crippen molar-refractivity contribution in [2.45, 2.75) is 33.2 Å². The first kappa shape index (κ1) is 15.7. The molecule has 0 fully saturated rings. The Morgan fingerprint density at radius 1 is 1.41 bits per heavy atom. The molecule has 0 aliphatic carbocycles. The van der Waals surface area contributed by atoms with Gasteiger partial charge in [0.2, 0.25) is 5.91 Å². The standard InChI is InChI=1S/C15H18N4O3/c1-4-11-7-5-6-9(2)13(11)16-14(20)10(3)19-8-12(15(21)22)17-18-19/h5-8,10H,4H2,1-3H3,(H,16,20)(H,21,22). The Hall–Kier alpha value is -2.70. The minimum atomic E-state index is -1.17. The van der Waals surface area contributed by atoms with Gasteiger partial charge in [0.25, 0.3) is 0 Å². The summed E-state index contributed by atoms with van der Waals surface area (Å²) in [5, 5.41) is 18.9. The second-order valence-corrected chi connectivity index (χ2v) is 5.02. The smallest absolute Gasteiger partial charge is 0.358 e. The number of carbonyl (C=O) groups is 2. The zero-order valence-corrected chi connectivity index (χ0v) is 12.7. The van der Waals surface area contributed by atoms with E-state index in [-0.39, 0.29) is 11.6 Å². The highest BCUT2D eigenvalue weighted by Gasteiger charge is 2.20. The fraction of sp³-hybridized carbons (Fsp3) is 0.333. The van der Waals surface area contributed by atoms with Crippen molar-refractivity contribution in [3.05, 3.63) is 41.2 Å². The van der Waals surface area contributed by atoms with Crippen molar-refractivity contribution < 1.29 is 14.7 Å². The molecule has 0 bridgehead atoms. The predicted octanol–water partition coefficient (Wildman–Crippen LogP) is 2.05. The Morgan fingerprint density at radius 3 is 2.73 bits per heavy atom. The van der Waals surface area contributed by atoms with E-state index in [1.807, 2.05) is 32.0 Å². The SMILES string of the molecule is CCc1cccc(C)c1NC(=O)C(C)n1cc(C(=O)O)nn1. The minimum absolute atomic E-state index is 0.190. The van der Waals surface area contributed by atoms with E-state index >= 15 is 0 Å². The molecule has 22 heavy (non-hydrogen) atoms. The normalized spacial score (nSPS) is 12.0. The van der Waals surface area contributed by atoms with Gasteiger partial charge in [-0.25, -0.2) is 9.48 Å². The third-order valence-electron chi connectivity index (χ3n) is 3.49. The van der Waals surface area contributed by atoms with Crippen LogP contribution in [0.3, 0.4) is 0 Å².